The lowest BCUT2D eigenvalue weighted by atomic mass is 10.2. The summed E-state index contributed by atoms with van der Waals surface area (Å²) >= 11 is 6.22. The number of hydrogen-bond acceptors (Lipinski definition) is 7. The highest BCUT2D eigenvalue weighted by atomic mass is 35.5. The Labute approximate surface area is 174 Å². The number of aliphatic imine (C=N–C) groups is 1. The van der Waals surface area contributed by atoms with E-state index in [1.807, 2.05) is 24.3 Å². The molecule has 1 aromatic heterocycles. The van der Waals surface area contributed by atoms with E-state index in [4.69, 9.17) is 11.6 Å². The third-order valence-electron chi connectivity index (χ3n) is 3.72. The van der Waals surface area contributed by atoms with Gasteiger partial charge in [-0.15, -0.1) is 0 Å². The second-order valence-electron chi connectivity index (χ2n) is 6.14. The van der Waals surface area contributed by atoms with Crippen molar-refractivity contribution in [1.82, 2.24) is 9.97 Å². The largest absolute Gasteiger partial charge is 0.337 e. The summed E-state index contributed by atoms with van der Waals surface area (Å²) in [6, 6.07) is 14.5. The molecule has 0 aliphatic heterocycles. The molecule has 0 aliphatic carbocycles. The fourth-order valence-corrected chi connectivity index (χ4v) is 3.19. The van der Waals surface area contributed by atoms with Crippen LogP contribution in [0.4, 0.5) is 28.8 Å². The van der Waals surface area contributed by atoms with Crippen LogP contribution in [0.15, 0.2) is 59.7 Å². The maximum atomic E-state index is 11.6. The van der Waals surface area contributed by atoms with Gasteiger partial charge in [0.1, 0.15) is 5.02 Å². The number of aromatic nitrogens is 2. The van der Waals surface area contributed by atoms with Gasteiger partial charge in [-0.1, -0.05) is 35.9 Å². The topological polar surface area (TPSA) is 108 Å². The van der Waals surface area contributed by atoms with E-state index in [0.29, 0.717) is 29.7 Å². The summed E-state index contributed by atoms with van der Waals surface area (Å²) < 4.78 is 25.6. The van der Waals surface area contributed by atoms with Crippen molar-refractivity contribution in [2.24, 2.45) is 4.99 Å². The summed E-state index contributed by atoms with van der Waals surface area (Å²) in [5.41, 5.74) is 2.72. The number of nitrogens with one attached hydrogen (secondary N) is 3. The first kappa shape index (κ1) is 20.6. The van der Waals surface area contributed by atoms with Crippen molar-refractivity contribution < 1.29 is 8.42 Å². The zero-order valence-electron chi connectivity index (χ0n) is 15.6. The van der Waals surface area contributed by atoms with Crippen LogP contribution in [0.1, 0.15) is 5.56 Å². The number of para-hydroxylation sites is 2. The zero-order valence-corrected chi connectivity index (χ0v) is 17.1. The van der Waals surface area contributed by atoms with Gasteiger partial charge in [0.05, 0.1) is 30.4 Å². The van der Waals surface area contributed by atoms with Gasteiger partial charge in [0, 0.05) is 5.69 Å². The molecule has 10 heteroatoms. The van der Waals surface area contributed by atoms with Gasteiger partial charge in [0.2, 0.25) is 16.0 Å². The quantitative estimate of drug-likeness (QED) is 0.462. The van der Waals surface area contributed by atoms with Gasteiger partial charge >= 0.3 is 0 Å². The van der Waals surface area contributed by atoms with Crippen molar-refractivity contribution >= 4 is 57.2 Å². The maximum absolute atomic E-state index is 11.6. The Morgan fingerprint density at radius 2 is 1.76 bits per heavy atom. The molecule has 0 saturated carbocycles. The average Bonchev–Trinajstić information content (AvgIpc) is 2.67. The van der Waals surface area contributed by atoms with Crippen LogP contribution in [-0.4, -0.2) is 31.4 Å². The Morgan fingerprint density at radius 3 is 2.41 bits per heavy atom. The van der Waals surface area contributed by atoms with Gasteiger partial charge < -0.3 is 10.6 Å². The normalized spacial score (nSPS) is 11.0. The number of nitrogens with zero attached hydrogens (tertiary/aromatic N) is 3. The van der Waals surface area contributed by atoms with Crippen LogP contribution in [0.5, 0.6) is 0 Å². The molecule has 3 aromatic rings. The van der Waals surface area contributed by atoms with Crippen molar-refractivity contribution in [2.45, 2.75) is 6.54 Å². The number of benzene rings is 2. The first-order valence-corrected chi connectivity index (χ1v) is 10.8. The Kier molecular flexibility index (Phi) is 6.30. The van der Waals surface area contributed by atoms with E-state index in [2.05, 4.69) is 37.0 Å². The smallest absolute Gasteiger partial charge is 0.229 e. The number of rotatable bonds is 8. The lowest BCUT2D eigenvalue weighted by molar-refractivity contribution is 0.607. The monoisotopic (exact) mass is 430 g/mol. The lowest BCUT2D eigenvalue weighted by Gasteiger charge is -2.14. The molecule has 150 valence electrons. The van der Waals surface area contributed by atoms with E-state index >= 15 is 0 Å². The first-order chi connectivity index (χ1) is 13.8. The summed E-state index contributed by atoms with van der Waals surface area (Å²) in [6.45, 7) is 4.03. The molecular weight excluding hydrogens is 412 g/mol. The highest BCUT2D eigenvalue weighted by Gasteiger charge is 2.11. The van der Waals surface area contributed by atoms with Crippen LogP contribution in [0.25, 0.3) is 0 Å². The molecule has 0 radical (unpaired) electrons. The molecule has 0 saturated heterocycles. The molecule has 8 nitrogen and oxygen atoms in total. The predicted molar refractivity (Wildman–Crippen MR) is 118 cm³/mol. The summed E-state index contributed by atoms with van der Waals surface area (Å²) in [5.74, 6) is 0.666. The molecular formula is C19H19ClN6O2S. The molecule has 0 amide bonds. The van der Waals surface area contributed by atoms with E-state index in [-0.39, 0.29) is 5.02 Å². The molecule has 1 heterocycles. The summed E-state index contributed by atoms with van der Waals surface area (Å²) in [7, 11) is -3.44. The fourth-order valence-electron chi connectivity index (χ4n) is 2.48. The van der Waals surface area contributed by atoms with Gasteiger partial charge in [0.15, 0.2) is 5.82 Å². The Balaban J connectivity index is 1.82. The van der Waals surface area contributed by atoms with Crippen LogP contribution < -0.4 is 15.4 Å². The van der Waals surface area contributed by atoms with Crippen molar-refractivity contribution in [3.63, 3.8) is 0 Å². The van der Waals surface area contributed by atoms with Gasteiger partial charge in [-0.3, -0.25) is 9.71 Å². The lowest BCUT2D eigenvalue weighted by Crippen LogP contribution is -2.11. The summed E-state index contributed by atoms with van der Waals surface area (Å²) in [5, 5.41) is 6.44. The Bertz CT molecular complexity index is 1120. The minimum atomic E-state index is -3.44. The number of sulfonamides is 1. The molecule has 2 aromatic carbocycles. The molecule has 0 atom stereocenters. The first-order valence-electron chi connectivity index (χ1n) is 8.49. The van der Waals surface area contributed by atoms with E-state index in [9.17, 15) is 8.42 Å². The summed E-state index contributed by atoms with van der Waals surface area (Å²) in [4.78, 5) is 12.4. The molecule has 0 unspecified atom stereocenters. The molecule has 0 fully saturated rings. The van der Waals surface area contributed by atoms with Crippen molar-refractivity contribution in [2.75, 3.05) is 21.6 Å². The third kappa shape index (κ3) is 5.90. The highest BCUT2D eigenvalue weighted by molar-refractivity contribution is 7.92. The number of halogens is 1. The third-order valence-corrected chi connectivity index (χ3v) is 4.59. The molecule has 3 rings (SSSR count). The van der Waals surface area contributed by atoms with Crippen molar-refractivity contribution in [1.29, 1.82) is 0 Å². The zero-order chi connectivity index (χ0) is 20.9. The van der Waals surface area contributed by atoms with Crippen LogP contribution in [0.2, 0.25) is 5.02 Å². The minimum Gasteiger partial charge on any atom is -0.337 e. The Morgan fingerprint density at radius 1 is 1.07 bits per heavy atom. The standard InChI is InChI=1S/C19H19ClN6O2S/c1-21-11-13-7-9-14(10-8-13)23-19-22-12-15(20)18(25-19)24-16-5-3-4-6-17(16)26-29(2,27)28/h3-10,12,26H,1,11H2,2H3,(H2,22,23,24,25). The minimum absolute atomic E-state index is 0.289. The van der Waals surface area contributed by atoms with Crippen LogP contribution in [-0.2, 0) is 16.6 Å². The van der Waals surface area contributed by atoms with Crippen LogP contribution >= 0.6 is 11.6 Å². The van der Waals surface area contributed by atoms with E-state index in [0.717, 1.165) is 17.5 Å². The molecule has 0 spiro atoms. The van der Waals surface area contributed by atoms with Crippen LogP contribution in [0, 0.1) is 0 Å². The van der Waals surface area contributed by atoms with E-state index in [1.54, 1.807) is 24.3 Å². The van der Waals surface area contributed by atoms with Gasteiger partial charge in [-0.2, -0.15) is 4.98 Å². The number of anilines is 5. The molecule has 0 aliphatic rings. The SMILES string of the molecule is C=NCc1ccc(Nc2ncc(Cl)c(Nc3ccccc3NS(C)(=O)=O)n2)cc1. The average molecular weight is 431 g/mol. The predicted octanol–water partition coefficient (Wildman–Crippen LogP) is 4.19. The van der Waals surface area contributed by atoms with E-state index < -0.39 is 10.0 Å². The van der Waals surface area contributed by atoms with Gasteiger partial charge in [-0.05, 0) is 36.5 Å². The van der Waals surface area contributed by atoms with E-state index in [1.165, 1.54) is 6.20 Å². The molecule has 0 bridgehead atoms. The van der Waals surface area contributed by atoms with Crippen molar-refractivity contribution in [3.05, 3.63) is 65.3 Å². The fraction of sp³-hybridized carbons (Fsp3) is 0.105. The maximum Gasteiger partial charge on any atom is 0.229 e. The summed E-state index contributed by atoms with van der Waals surface area (Å²) in [6.07, 6.45) is 2.54. The highest BCUT2D eigenvalue weighted by Crippen LogP contribution is 2.29. The van der Waals surface area contributed by atoms with Crippen molar-refractivity contribution in [3.8, 4) is 0 Å². The van der Waals surface area contributed by atoms with Crippen LogP contribution in [0.3, 0.4) is 0 Å². The second kappa shape index (κ2) is 8.89. The Hall–Kier alpha value is -3.17. The van der Waals surface area contributed by atoms with Gasteiger partial charge in [0.25, 0.3) is 0 Å². The second-order valence-corrected chi connectivity index (χ2v) is 8.29. The number of hydrogen-bond donors (Lipinski definition) is 3. The molecule has 29 heavy (non-hydrogen) atoms. The van der Waals surface area contributed by atoms with Gasteiger partial charge in [-0.25, -0.2) is 13.4 Å². The molecule has 3 N–H and O–H groups in total.